The van der Waals surface area contributed by atoms with Crippen molar-refractivity contribution in [3.05, 3.63) is 27.5 Å². The van der Waals surface area contributed by atoms with Gasteiger partial charge in [-0.15, -0.1) is 11.3 Å². The SMILES string of the molecule is CCCn1cc(C=O)c(-c2csc(Cl)c2)n1. The molecule has 0 aromatic carbocycles. The van der Waals surface area contributed by atoms with Gasteiger partial charge in [0.15, 0.2) is 6.29 Å². The van der Waals surface area contributed by atoms with Crippen LogP contribution < -0.4 is 0 Å². The molecule has 0 saturated carbocycles. The average molecular weight is 255 g/mol. The number of thiophene rings is 1. The lowest BCUT2D eigenvalue weighted by atomic mass is 10.2. The molecule has 0 bridgehead atoms. The lowest BCUT2D eigenvalue weighted by Crippen LogP contribution is -1.96. The molecule has 0 N–H and O–H groups in total. The van der Waals surface area contributed by atoms with E-state index in [1.54, 1.807) is 10.9 Å². The molecule has 0 saturated heterocycles. The first kappa shape index (κ1) is 11.4. The van der Waals surface area contributed by atoms with E-state index in [0.717, 1.165) is 24.8 Å². The Morgan fingerprint density at radius 2 is 2.44 bits per heavy atom. The van der Waals surface area contributed by atoms with Gasteiger partial charge in [-0.05, 0) is 12.5 Å². The van der Waals surface area contributed by atoms with Crippen molar-refractivity contribution in [2.45, 2.75) is 19.9 Å². The molecule has 0 atom stereocenters. The molecular formula is C11H11ClN2OS. The van der Waals surface area contributed by atoms with Crippen LogP contribution in [0.25, 0.3) is 11.3 Å². The van der Waals surface area contributed by atoms with Gasteiger partial charge in [-0.3, -0.25) is 9.48 Å². The standard InChI is InChI=1S/C11H11ClN2OS/c1-2-3-14-5-9(6-15)11(13-14)8-4-10(12)16-7-8/h4-7H,2-3H2,1H3. The summed E-state index contributed by atoms with van der Waals surface area (Å²) in [6.07, 6.45) is 3.60. The lowest BCUT2D eigenvalue weighted by molar-refractivity contribution is 0.112. The molecule has 0 radical (unpaired) electrons. The van der Waals surface area contributed by atoms with Gasteiger partial charge in [0.05, 0.1) is 9.90 Å². The second kappa shape index (κ2) is 4.80. The Kier molecular flexibility index (Phi) is 3.41. The van der Waals surface area contributed by atoms with E-state index >= 15 is 0 Å². The highest BCUT2D eigenvalue weighted by atomic mass is 35.5. The summed E-state index contributed by atoms with van der Waals surface area (Å²) in [7, 11) is 0. The highest BCUT2D eigenvalue weighted by Gasteiger charge is 2.11. The third kappa shape index (κ3) is 2.18. The molecule has 84 valence electrons. The topological polar surface area (TPSA) is 34.9 Å². The minimum atomic E-state index is 0.614. The van der Waals surface area contributed by atoms with Gasteiger partial charge in [0.1, 0.15) is 5.69 Å². The molecule has 16 heavy (non-hydrogen) atoms. The number of carbonyl (C=O) groups excluding carboxylic acids is 1. The molecule has 0 spiro atoms. The molecule has 2 aromatic heterocycles. The molecule has 0 aliphatic rings. The monoisotopic (exact) mass is 254 g/mol. The van der Waals surface area contributed by atoms with E-state index in [9.17, 15) is 4.79 Å². The van der Waals surface area contributed by atoms with E-state index in [-0.39, 0.29) is 0 Å². The van der Waals surface area contributed by atoms with Crippen LogP contribution in [0.2, 0.25) is 4.34 Å². The minimum Gasteiger partial charge on any atom is -0.298 e. The molecule has 0 amide bonds. The summed E-state index contributed by atoms with van der Waals surface area (Å²) >= 11 is 7.31. The number of halogens is 1. The van der Waals surface area contributed by atoms with E-state index in [0.29, 0.717) is 15.6 Å². The van der Waals surface area contributed by atoms with Crippen LogP contribution in [-0.2, 0) is 6.54 Å². The van der Waals surface area contributed by atoms with Crippen molar-refractivity contribution in [3.8, 4) is 11.3 Å². The summed E-state index contributed by atoms with van der Waals surface area (Å²) in [5.41, 5.74) is 2.24. The smallest absolute Gasteiger partial charge is 0.153 e. The highest BCUT2D eigenvalue weighted by molar-refractivity contribution is 7.14. The van der Waals surface area contributed by atoms with Gasteiger partial charge in [0.25, 0.3) is 0 Å². The summed E-state index contributed by atoms with van der Waals surface area (Å²) in [4.78, 5) is 10.9. The molecule has 5 heteroatoms. The van der Waals surface area contributed by atoms with Gasteiger partial charge in [-0.2, -0.15) is 5.10 Å². The zero-order valence-corrected chi connectivity index (χ0v) is 10.4. The van der Waals surface area contributed by atoms with Gasteiger partial charge < -0.3 is 0 Å². The van der Waals surface area contributed by atoms with Crippen LogP contribution in [0.4, 0.5) is 0 Å². The van der Waals surface area contributed by atoms with Crippen LogP contribution >= 0.6 is 22.9 Å². The summed E-state index contributed by atoms with van der Waals surface area (Å²) in [6.45, 7) is 2.89. The maximum Gasteiger partial charge on any atom is 0.153 e. The Balaban J connectivity index is 2.42. The summed E-state index contributed by atoms with van der Waals surface area (Å²) in [5, 5.41) is 6.30. The Bertz CT molecular complexity index is 504. The number of aromatic nitrogens is 2. The van der Waals surface area contributed by atoms with E-state index in [1.165, 1.54) is 11.3 Å². The van der Waals surface area contributed by atoms with Gasteiger partial charge in [-0.1, -0.05) is 18.5 Å². The average Bonchev–Trinajstić information content (AvgIpc) is 2.84. The normalized spacial score (nSPS) is 10.6. The fraction of sp³-hybridized carbons (Fsp3) is 0.273. The molecule has 2 rings (SSSR count). The van der Waals surface area contributed by atoms with Crippen molar-refractivity contribution in [2.24, 2.45) is 0 Å². The Labute approximate surface area is 103 Å². The van der Waals surface area contributed by atoms with E-state index in [2.05, 4.69) is 12.0 Å². The fourth-order valence-corrected chi connectivity index (χ4v) is 2.39. The molecule has 0 unspecified atom stereocenters. The second-order valence-electron chi connectivity index (χ2n) is 3.45. The zero-order valence-electron chi connectivity index (χ0n) is 8.81. The number of aryl methyl sites for hydroxylation is 1. The van der Waals surface area contributed by atoms with Crippen LogP contribution in [0.5, 0.6) is 0 Å². The summed E-state index contributed by atoms with van der Waals surface area (Å²) in [5.74, 6) is 0. The van der Waals surface area contributed by atoms with Crippen molar-refractivity contribution in [2.75, 3.05) is 0 Å². The lowest BCUT2D eigenvalue weighted by Gasteiger charge is -1.95. The number of carbonyl (C=O) groups is 1. The molecule has 0 aliphatic heterocycles. The van der Waals surface area contributed by atoms with Gasteiger partial charge >= 0.3 is 0 Å². The number of hydrogen-bond donors (Lipinski definition) is 0. The van der Waals surface area contributed by atoms with E-state index in [4.69, 9.17) is 11.6 Å². The van der Waals surface area contributed by atoms with E-state index in [1.807, 2.05) is 11.4 Å². The first-order valence-corrected chi connectivity index (χ1v) is 6.27. The van der Waals surface area contributed by atoms with Crippen LogP contribution in [0.15, 0.2) is 17.6 Å². The quantitative estimate of drug-likeness (QED) is 0.783. The molecule has 3 nitrogen and oxygen atoms in total. The van der Waals surface area contributed by atoms with Crippen molar-refractivity contribution >= 4 is 29.2 Å². The van der Waals surface area contributed by atoms with Crippen LogP contribution in [-0.4, -0.2) is 16.1 Å². The molecule has 0 aliphatic carbocycles. The van der Waals surface area contributed by atoms with Crippen LogP contribution in [0, 0.1) is 0 Å². The van der Waals surface area contributed by atoms with Crippen molar-refractivity contribution in [3.63, 3.8) is 0 Å². The molecule has 2 aromatic rings. The first-order chi connectivity index (χ1) is 7.74. The minimum absolute atomic E-state index is 0.614. The summed E-state index contributed by atoms with van der Waals surface area (Å²) < 4.78 is 2.50. The third-order valence-corrected chi connectivity index (χ3v) is 3.30. The summed E-state index contributed by atoms with van der Waals surface area (Å²) in [6, 6.07) is 1.83. The van der Waals surface area contributed by atoms with Crippen LogP contribution in [0.3, 0.4) is 0 Å². The van der Waals surface area contributed by atoms with Crippen LogP contribution in [0.1, 0.15) is 23.7 Å². The Morgan fingerprint density at radius 1 is 1.62 bits per heavy atom. The fourth-order valence-electron chi connectivity index (χ4n) is 1.53. The number of nitrogens with zero attached hydrogens (tertiary/aromatic N) is 2. The Morgan fingerprint density at radius 3 is 3.00 bits per heavy atom. The molecular weight excluding hydrogens is 244 g/mol. The first-order valence-electron chi connectivity index (χ1n) is 5.01. The van der Waals surface area contributed by atoms with E-state index < -0.39 is 0 Å². The maximum absolute atomic E-state index is 10.9. The maximum atomic E-state index is 10.9. The second-order valence-corrected chi connectivity index (χ2v) is 5.00. The molecule has 0 fully saturated rings. The van der Waals surface area contributed by atoms with Crippen molar-refractivity contribution in [1.29, 1.82) is 0 Å². The Hall–Kier alpha value is -1.13. The highest BCUT2D eigenvalue weighted by Crippen LogP contribution is 2.29. The van der Waals surface area contributed by atoms with Gasteiger partial charge in [-0.25, -0.2) is 0 Å². The number of rotatable bonds is 4. The number of aldehydes is 1. The van der Waals surface area contributed by atoms with Crippen molar-refractivity contribution < 1.29 is 4.79 Å². The van der Waals surface area contributed by atoms with Gasteiger partial charge in [0, 0.05) is 23.7 Å². The largest absolute Gasteiger partial charge is 0.298 e. The van der Waals surface area contributed by atoms with Crippen molar-refractivity contribution in [1.82, 2.24) is 9.78 Å². The zero-order chi connectivity index (χ0) is 11.5. The molecule has 2 heterocycles. The predicted molar refractivity (Wildman–Crippen MR) is 66.2 cm³/mol. The predicted octanol–water partition coefficient (Wildman–Crippen LogP) is 3.49. The third-order valence-electron chi connectivity index (χ3n) is 2.21. The van der Waals surface area contributed by atoms with Gasteiger partial charge in [0.2, 0.25) is 0 Å². The number of hydrogen-bond acceptors (Lipinski definition) is 3.